The van der Waals surface area contributed by atoms with Crippen LogP contribution in [0.25, 0.3) is 0 Å². The van der Waals surface area contributed by atoms with Crippen LogP contribution in [0.2, 0.25) is 0 Å². The van der Waals surface area contributed by atoms with E-state index in [2.05, 4.69) is 17.0 Å². The van der Waals surface area contributed by atoms with Gasteiger partial charge in [-0.05, 0) is 43.6 Å². The molecule has 0 radical (unpaired) electrons. The molecule has 0 saturated carbocycles. The molecule has 0 fully saturated rings. The molecule has 1 aromatic rings. The second-order valence-electron chi connectivity index (χ2n) is 4.07. The van der Waals surface area contributed by atoms with Crippen LogP contribution in [-0.2, 0) is 16.4 Å². The Kier molecular flexibility index (Phi) is 5.44. The minimum absolute atomic E-state index is 0.609. The number of rotatable bonds is 7. The van der Waals surface area contributed by atoms with Gasteiger partial charge in [-0.2, -0.15) is 0 Å². The number of benzene rings is 1. The molecule has 96 valence electrons. The summed E-state index contributed by atoms with van der Waals surface area (Å²) in [5.41, 5.74) is 1.81. The van der Waals surface area contributed by atoms with Crippen molar-refractivity contribution < 1.29 is 8.42 Å². The summed E-state index contributed by atoms with van der Waals surface area (Å²) in [6.07, 6.45) is 3.24. The monoisotopic (exact) mass is 256 g/mol. The molecule has 1 rings (SSSR count). The first-order valence-corrected chi connectivity index (χ1v) is 7.68. The van der Waals surface area contributed by atoms with Crippen molar-refractivity contribution in [3.8, 4) is 0 Å². The maximum Gasteiger partial charge on any atom is 0.229 e. The molecule has 17 heavy (non-hydrogen) atoms. The van der Waals surface area contributed by atoms with Crippen LogP contribution in [0.5, 0.6) is 0 Å². The first-order valence-electron chi connectivity index (χ1n) is 5.78. The van der Waals surface area contributed by atoms with Crippen LogP contribution in [0.15, 0.2) is 24.3 Å². The molecule has 0 aliphatic carbocycles. The van der Waals surface area contributed by atoms with E-state index in [0.717, 1.165) is 32.2 Å². The maximum atomic E-state index is 11.0. The van der Waals surface area contributed by atoms with Crippen molar-refractivity contribution in [2.24, 2.45) is 0 Å². The van der Waals surface area contributed by atoms with Crippen LogP contribution < -0.4 is 10.0 Å². The van der Waals surface area contributed by atoms with Gasteiger partial charge in [-0.3, -0.25) is 4.72 Å². The highest BCUT2D eigenvalue weighted by Crippen LogP contribution is 2.10. The molecule has 4 nitrogen and oxygen atoms in total. The van der Waals surface area contributed by atoms with Crippen molar-refractivity contribution in [3.63, 3.8) is 0 Å². The molecule has 0 bridgehead atoms. The number of anilines is 1. The first kappa shape index (κ1) is 14.0. The lowest BCUT2D eigenvalue weighted by atomic mass is 10.1. The second-order valence-corrected chi connectivity index (χ2v) is 5.82. The number of hydrogen-bond donors (Lipinski definition) is 2. The third kappa shape index (κ3) is 6.28. The van der Waals surface area contributed by atoms with Gasteiger partial charge < -0.3 is 5.32 Å². The van der Waals surface area contributed by atoms with E-state index < -0.39 is 10.0 Å². The molecular formula is C12H20N2O2S. The standard InChI is InChI=1S/C12H20N2O2S/c1-3-9-13-10-8-11-4-6-12(7-5-11)14-17(2,15)16/h4-7,13-14H,3,8-10H2,1-2H3. The Morgan fingerprint density at radius 3 is 2.29 bits per heavy atom. The van der Waals surface area contributed by atoms with Crippen molar-refractivity contribution in [1.82, 2.24) is 5.32 Å². The summed E-state index contributed by atoms with van der Waals surface area (Å²) in [7, 11) is -3.18. The van der Waals surface area contributed by atoms with E-state index in [1.54, 1.807) is 12.1 Å². The van der Waals surface area contributed by atoms with Gasteiger partial charge in [0, 0.05) is 5.69 Å². The van der Waals surface area contributed by atoms with E-state index in [4.69, 9.17) is 0 Å². The van der Waals surface area contributed by atoms with E-state index in [9.17, 15) is 8.42 Å². The molecule has 2 N–H and O–H groups in total. The molecule has 0 heterocycles. The highest BCUT2D eigenvalue weighted by atomic mass is 32.2. The summed E-state index contributed by atoms with van der Waals surface area (Å²) in [4.78, 5) is 0. The van der Waals surface area contributed by atoms with Crippen molar-refractivity contribution >= 4 is 15.7 Å². The average molecular weight is 256 g/mol. The van der Waals surface area contributed by atoms with Crippen LogP contribution in [0.1, 0.15) is 18.9 Å². The minimum Gasteiger partial charge on any atom is -0.316 e. The summed E-state index contributed by atoms with van der Waals surface area (Å²) in [6, 6.07) is 7.47. The fraction of sp³-hybridized carbons (Fsp3) is 0.500. The Hall–Kier alpha value is -1.07. The van der Waals surface area contributed by atoms with Gasteiger partial charge in [-0.15, -0.1) is 0 Å². The topological polar surface area (TPSA) is 58.2 Å². The third-order valence-electron chi connectivity index (χ3n) is 2.27. The summed E-state index contributed by atoms with van der Waals surface area (Å²) in [5, 5.41) is 3.32. The van der Waals surface area contributed by atoms with Crippen LogP contribution >= 0.6 is 0 Å². The van der Waals surface area contributed by atoms with Crippen LogP contribution in [0.4, 0.5) is 5.69 Å². The Balaban J connectivity index is 2.45. The lowest BCUT2D eigenvalue weighted by molar-refractivity contribution is 0.607. The van der Waals surface area contributed by atoms with Crippen molar-refractivity contribution in [2.45, 2.75) is 19.8 Å². The lowest BCUT2D eigenvalue weighted by Gasteiger charge is -2.06. The van der Waals surface area contributed by atoms with Gasteiger partial charge in [-0.25, -0.2) is 8.42 Å². The lowest BCUT2D eigenvalue weighted by Crippen LogP contribution is -2.17. The van der Waals surface area contributed by atoms with Crippen LogP contribution in [-0.4, -0.2) is 27.8 Å². The van der Waals surface area contributed by atoms with Crippen molar-refractivity contribution in [2.75, 3.05) is 24.1 Å². The third-order valence-corrected chi connectivity index (χ3v) is 2.88. The van der Waals surface area contributed by atoms with E-state index >= 15 is 0 Å². The predicted molar refractivity (Wildman–Crippen MR) is 71.8 cm³/mol. The zero-order valence-electron chi connectivity index (χ0n) is 10.4. The quantitative estimate of drug-likeness (QED) is 0.729. The van der Waals surface area contributed by atoms with Gasteiger partial charge in [0.1, 0.15) is 0 Å². The smallest absolute Gasteiger partial charge is 0.229 e. The normalized spacial score (nSPS) is 11.4. The SMILES string of the molecule is CCCNCCc1ccc(NS(C)(=O)=O)cc1. The molecule has 0 aromatic heterocycles. The molecule has 0 spiro atoms. The molecule has 0 aliphatic heterocycles. The fourth-order valence-corrected chi connectivity index (χ4v) is 2.05. The summed E-state index contributed by atoms with van der Waals surface area (Å²) in [6.45, 7) is 4.12. The van der Waals surface area contributed by atoms with Gasteiger partial charge in [0.15, 0.2) is 0 Å². The molecule has 0 atom stereocenters. The number of hydrogen-bond acceptors (Lipinski definition) is 3. The zero-order valence-corrected chi connectivity index (χ0v) is 11.2. The predicted octanol–water partition coefficient (Wildman–Crippen LogP) is 1.60. The number of nitrogens with one attached hydrogen (secondary N) is 2. The summed E-state index contributed by atoms with van der Waals surface area (Å²) in [5.74, 6) is 0. The van der Waals surface area contributed by atoms with E-state index in [-0.39, 0.29) is 0 Å². The van der Waals surface area contributed by atoms with Crippen LogP contribution in [0, 0.1) is 0 Å². The molecule has 0 unspecified atom stereocenters. The van der Waals surface area contributed by atoms with Gasteiger partial charge in [0.2, 0.25) is 10.0 Å². The van der Waals surface area contributed by atoms with E-state index in [1.807, 2.05) is 12.1 Å². The largest absolute Gasteiger partial charge is 0.316 e. The van der Waals surface area contributed by atoms with Gasteiger partial charge in [0.05, 0.1) is 6.26 Å². The van der Waals surface area contributed by atoms with Gasteiger partial charge >= 0.3 is 0 Å². The average Bonchev–Trinajstić information content (AvgIpc) is 2.25. The van der Waals surface area contributed by atoms with Crippen LogP contribution in [0.3, 0.4) is 0 Å². The Bertz CT molecular complexity index is 426. The zero-order chi connectivity index (χ0) is 12.7. The second kappa shape index (κ2) is 6.61. The first-order chi connectivity index (χ1) is 8.01. The summed E-state index contributed by atoms with van der Waals surface area (Å²) >= 11 is 0. The molecule has 1 aromatic carbocycles. The van der Waals surface area contributed by atoms with Crippen molar-refractivity contribution in [3.05, 3.63) is 29.8 Å². The molecular weight excluding hydrogens is 236 g/mol. The summed E-state index contributed by atoms with van der Waals surface area (Å²) < 4.78 is 24.5. The van der Waals surface area contributed by atoms with Gasteiger partial charge in [-0.1, -0.05) is 19.1 Å². The molecule has 0 saturated heterocycles. The fourth-order valence-electron chi connectivity index (χ4n) is 1.49. The number of sulfonamides is 1. The minimum atomic E-state index is -3.18. The Morgan fingerprint density at radius 1 is 1.12 bits per heavy atom. The van der Waals surface area contributed by atoms with E-state index in [1.165, 1.54) is 5.56 Å². The Morgan fingerprint density at radius 2 is 1.76 bits per heavy atom. The molecule has 0 aliphatic rings. The highest BCUT2D eigenvalue weighted by Gasteiger charge is 2.01. The van der Waals surface area contributed by atoms with Crippen molar-refractivity contribution in [1.29, 1.82) is 0 Å². The highest BCUT2D eigenvalue weighted by molar-refractivity contribution is 7.92. The molecule has 0 amide bonds. The van der Waals surface area contributed by atoms with Gasteiger partial charge in [0.25, 0.3) is 0 Å². The maximum absolute atomic E-state index is 11.0. The molecule has 5 heteroatoms. The van der Waals surface area contributed by atoms with E-state index in [0.29, 0.717) is 5.69 Å². The Labute approximate surface area is 103 Å².